The van der Waals surface area contributed by atoms with Crippen molar-refractivity contribution in [2.24, 2.45) is 0 Å². The molecule has 7 nitrogen and oxygen atoms in total. The average molecular weight is 707 g/mol. The number of aliphatic hydroxyl groups excluding tert-OH is 1. The largest absolute Gasteiger partial charge is 0.504 e. The molecule has 0 radical (unpaired) electrons. The molecule has 284 valence electrons. The molecule has 3 N–H and O–H groups in total. The first-order valence-electron chi connectivity index (χ1n) is 20.4. The molecular formula is C44H66O7. The average Bonchev–Trinajstić information content (AvgIpc) is 3.51. The number of carbonyl (C=O) groups excluding carboxylic acids is 3. The van der Waals surface area contributed by atoms with Gasteiger partial charge in [-0.3, -0.25) is 9.59 Å². The number of esters is 1. The minimum Gasteiger partial charge on any atom is -0.504 e. The van der Waals surface area contributed by atoms with Crippen LogP contribution in [0.4, 0.5) is 0 Å². The van der Waals surface area contributed by atoms with E-state index in [1.165, 1.54) is 77.0 Å². The van der Waals surface area contributed by atoms with Gasteiger partial charge in [0.25, 0.3) is 0 Å². The molecule has 0 aromatic heterocycles. The molecule has 1 aliphatic carbocycles. The van der Waals surface area contributed by atoms with Gasteiger partial charge in [0.1, 0.15) is 5.75 Å². The summed E-state index contributed by atoms with van der Waals surface area (Å²) in [5.41, 5.74) is -2.25. The van der Waals surface area contributed by atoms with Crippen LogP contribution in [0.3, 0.4) is 0 Å². The third kappa shape index (κ3) is 11.8. The van der Waals surface area contributed by atoms with Crippen molar-refractivity contribution in [3.05, 3.63) is 52.8 Å². The number of phenols is 2. The Hall–Kier alpha value is -3.35. The van der Waals surface area contributed by atoms with Crippen molar-refractivity contribution in [1.29, 1.82) is 0 Å². The van der Waals surface area contributed by atoms with Crippen molar-refractivity contribution in [3.8, 4) is 17.2 Å². The van der Waals surface area contributed by atoms with E-state index in [0.29, 0.717) is 12.8 Å². The number of ketones is 2. The van der Waals surface area contributed by atoms with Crippen molar-refractivity contribution in [1.82, 2.24) is 0 Å². The summed E-state index contributed by atoms with van der Waals surface area (Å²) in [7, 11) is 0. The summed E-state index contributed by atoms with van der Waals surface area (Å²) < 4.78 is 5.41. The van der Waals surface area contributed by atoms with Crippen LogP contribution in [0.15, 0.2) is 41.7 Å². The fourth-order valence-electron chi connectivity index (χ4n) is 7.53. The lowest BCUT2D eigenvalue weighted by molar-refractivity contribution is -0.146. The highest BCUT2D eigenvalue weighted by atomic mass is 16.5. The highest BCUT2D eigenvalue weighted by Crippen LogP contribution is 2.53. The molecule has 0 saturated carbocycles. The van der Waals surface area contributed by atoms with Gasteiger partial charge in [0.15, 0.2) is 23.0 Å². The molecular weight excluding hydrogens is 640 g/mol. The Morgan fingerprint density at radius 1 is 0.588 bits per heavy atom. The molecule has 1 aromatic carbocycles. The summed E-state index contributed by atoms with van der Waals surface area (Å²) in [6, 6.07) is 1.08. The number of hydrogen-bond donors (Lipinski definition) is 3. The number of hydrogen-bond acceptors (Lipinski definition) is 7. The number of fused-ring (bicyclic) bond motifs is 2. The Bertz CT molecular complexity index is 1350. The molecule has 1 spiro atoms. The number of rotatable bonds is 28. The quantitative estimate of drug-likeness (QED) is 0.0198. The van der Waals surface area contributed by atoms with Crippen LogP contribution >= 0.6 is 0 Å². The molecule has 0 bridgehead atoms. The molecule has 0 amide bonds. The number of allylic oxidation sites excluding steroid dienone is 6. The van der Waals surface area contributed by atoms with Gasteiger partial charge < -0.3 is 20.1 Å². The maximum atomic E-state index is 13.9. The summed E-state index contributed by atoms with van der Waals surface area (Å²) in [6.45, 7) is 4.45. The molecule has 1 heterocycles. The lowest BCUT2D eigenvalue weighted by Crippen LogP contribution is -2.46. The second-order valence-electron chi connectivity index (χ2n) is 14.7. The van der Waals surface area contributed by atoms with Crippen molar-refractivity contribution in [2.75, 3.05) is 0 Å². The van der Waals surface area contributed by atoms with Gasteiger partial charge in [0.05, 0.1) is 0 Å². The van der Waals surface area contributed by atoms with Crippen LogP contribution in [0, 0.1) is 0 Å². The first-order valence-corrected chi connectivity index (χ1v) is 20.4. The van der Waals surface area contributed by atoms with E-state index in [0.717, 1.165) is 70.3 Å². The maximum absolute atomic E-state index is 13.9. The van der Waals surface area contributed by atoms with E-state index < -0.39 is 40.2 Å². The van der Waals surface area contributed by atoms with E-state index in [-0.39, 0.29) is 35.3 Å². The van der Waals surface area contributed by atoms with Crippen LogP contribution in [0.5, 0.6) is 17.2 Å². The minimum atomic E-state index is -2.36. The Morgan fingerprint density at radius 2 is 1.06 bits per heavy atom. The number of aromatic hydroxyl groups is 2. The molecule has 51 heavy (non-hydrogen) atoms. The van der Waals surface area contributed by atoms with Gasteiger partial charge in [0, 0.05) is 22.8 Å². The van der Waals surface area contributed by atoms with Crippen LogP contribution in [-0.4, -0.2) is 32.9 Å². The number of unbranched alkanes of at least 4 members (excludes halogenated alkanes) is 20. The first-order chi connectivity index (χ1) is 24.8. The lowest BCUT2D eigenvalue weighted by atomic mass is 9.73. The normalized spacial score (nSPS) is 17.3. The molecule has 1 unspecified atom stereocenters. The Kier molecular flexibility index (Phi) is 19.2. The molecule has 1 atom stereocenters. The second-order valence-corrected chi connectivity index (χ2v) is 14.7. The van der Waals surface area contributed by atoms with E-state index in [1.54, 1.807) is 0 Å². The molecule has 7 heteroatoms. The van der Waals surface area contributed by atoms with Crippen molar-refractivity contribution < 1.29 is 34.4 Å². The predicted octanol–water partition coefficient (Wildman–Crippen LogP) is 11.7. The first kappa shape index (κ1) is 42.1. The minimum absolute atomic E-state index is 0.0192. The molecule has 1 aromatic rings. The highest BCUT2D eigenvalue weighted by molar-refractivity contribution is 6.42. The van der Waals surface area contributed by atoms with Crippen LogP contribution in [0.25, 0.3) is 0 Å². The summed E-state index contributed by atoms with van der Waals surface area (Å²) in [5.74, 6) is -4.56. The highest BCUT2D eigenvalue weighted by Gasteiger charge is 2.67. The van der Waals surface area contributed by atoms with Gasteiger partial charge in [-0.2, -0.15) is 0 Å². The summed E-state index contributed by atoms with van der Waals surface area (Å²) >= 11 is 0. The molecule has 2 aliphatic rings. The van der Waals surface area contributed by atoms with E-state index >= 15 is 0 Å². The number of benzene rings is 1. The van der Waals surface area contributed by atoms with E-state index in [4.69, 9.17) is 4.74 Å². The van der Waals surface area contributed by atoms with Crippen molar-refractivity contribution in [3.63, 3.8) is 0 Å². The van der Waals surface area contributed by atoms with Gasteiger partial charge in [-0.1, -0.05) is 147 Å². The van der Waals surface area contributed by atoms with Gasteiger partial charge >= 0.3 is 5.97 Å². The number of carbonyl (C=O) groups is 3. The van der Waals surface area contributed by atoms with E-state index in [1.807, 2.05) is 0 Å². The predicted molar refractivity (Wildman–Crippen MR) is 206 cm³/mol. The lowest BCUT2D eigenvalue weighted by Gasteiger charge is -2.20. The summed E-state index contributed by atoms with van der Waals surface area (Å²) in [4.78, 5) is 40.9. The molecule has 0 saturated heterocycles. The number of Topliss-reactive ketones (excluding diaryl/α,β-unsaturated/α-hetero) is 2. The Labute approximate surface area is 307 Å². The fraction of sp³-hybridized carbons (Fsp3) is 0.659. The zero-order valence-corrected chi connectivity index (χ0v) is 31.7. The third-order valence-electron chi connectivity index (χ3n) is 10.6. The van der Waals surface area contributed by atoms with Crippen LogP contribution < -0.4 is 4.74 Å². The Morgan fingerprint density at radius 3 is 1.63 bits per heavy atom. The monoisotopic (exact) mass is 706 g/mol. The van der Waals surface area contributed by atoms with Gasteiger partial charge in [-0.15, -0.1) is 0 Å². The third-order valence-corrected chi connectivity index (χ3v) is 10.6. The molecule has 1 aliphatic heterocycles. The van der Waals surface area contributed by atoms with Crippen LogP contribution in [0.2, 0.25) is 0 Å². The SMILES string of the molecule is CCCCC/C=C\C/C=C\CCCCCCCc1c(O)c(O)cc2c1C1(C(=O)O2)C(=O)C(O)=C(CCCCCCCCCCCCCCC)C1=O. The number of phenolic OH excluding ortho intramolecular Hbond substituents is 2. The zero-order valence-electron chi connectivity index (χ0n) is 31.7. The second kappa shape index (κ2) is 23.3. The molecule has 0 fully saturated rings. The van der Waals surface area contributed by atoms with Crippen molar-refractivity contribution >= 4 is 17.5 Å². The smallest absolute Gasteiger partial charge is 0.338 e. The topological polar surface area (TPSA) is 121 Å². The maximum Gasteiger partial charge on any atom is 0.338 e. The van der Waals surface area contributed by atoms with Gasteiger partial charge in [-0.25, -0.2) is 4.79 Å². The van der Waals surface area contributed by atoms with Crippen LogP contribution in [0.1, 0.15) is 185 Å². The van der Waals surface area contributed by atoms with Crippen molar-refractivity contribution in [2.45, 2.75) is 186 Å². The van der Waals surface area contributed by atoms with Gasteiger partial charge in [-0.05, 0) is 57.8 Å². The Balaban J connectivity index is 1.47. The number of ether oxygens (including phenoxy) is 1. The standard InChI is InChI=1S/C44H66O7/c1-3-5-7-9-11-13-15-17-18-20-21-23-25-27-29-31-34-38-37(33-36(45)39(34)46)51-43(50)44(38)41(48)35(40(47)42(44)49)32-30-28-26-24-22-19-16-14-12-10-8-6-4-2/h11,13,17-18,33,45-47H,3-10,12,14-16,19-32H2,1-2H3/b13-11-,18-17-. The zero-order chi connectivity index (χ0) is 36.9. The fourth-order valence-corrected chi connectivity index (χ4v) is 7.53. The van der Waals surface area contributed by atoms with E-state index in [2.05, 4.69) is 38.2 Å². The number of aliphatic hydroxyl groups is 1. The summed E-state index contributed by atoms with van der Waals surface area (Å²) in [6.07, 6.45) is 36.1. The molecule has 3 rings (SSSR count). The van der Waals surface area contributed by atoms with Gasteiger partial charge in [0.2, 0.25) is 11.2 Å². The summed E-state index contributed by atoms with van der Waals surface area (Å²) in [5, 5.41) is 32.3. The van der Waals surface area contributed by atoms with Crippen LogP contribution in [-0.2, 0) is 26.2 Å². The van der Waals surface area contributed by atoms with E-state index in [9.17, 15) is 29.7 Å².